The maximum Gasteiger partial charge on any atom is 0.393 e. The summed E-state index contributed by atoms with van der Waals surface area (Å²) in [4.78, 5) is 13.0. The smallest absolute Gasteiger partial charge is 0.393 e. The topological polar surface area (TPSA) is 109 Å². The third-order valence-corrected chi connectivity index (χ3v) is 10.8. The summed E-state index contributed by atoms with van der Waals surface area (Å²) < 4.78 is 106. The predicted molar refractivity (Wildman–Crippen MR) is 173 cm³/mol. The lowest BCUT2D eigenvalue weighted by molar-refractivity contribution is -0.127. The highest BCUT2D eigenvalue weighted by molar-refractivity contribution is 7.90. The number of amides is 1. The molecule has 2 fully saturated rings. The molecular weight excluding hydrogens is 679 g/mol. The zero-order valence-corrected chi connectivity index (χ0v) is 27.6. The summed E-state index contributed by atoms with van der Waals surface area (Å²) in [6.07, 6.45) is -1.74. The van der Waals surface area contributed by atoms with Crippen molar-refractivity contribution in [1.82, 2.24) is 9.62 Å². The second-order valence-corrected chi connectivity index (χ2v) is 14.2. The number of alkyl halides is 4. The van der Waals surface area contributed by atoms with Crippen molar-refractivity contribution < 1.29 is 44.6 Å². The van der Waals surface area contributed by atoms with Crippen molar-refractivity contribution >= 4 is 48.7 Å². The Labute approximate surface area is 279 Å². The van der Waals surface area contributed by atoms with Crippen molar-refractivity contribution in [2.45, 2.75) is 62.2 Å². The molecule has 3 aromatic rings. The number of carbonyl (C=O) groups excluding carboxylic acids is 1. The number of sulfonamides is 1. The van der Waals surface area contributed by atoms with Crippen molar-refractivity contribution in [1.29, 1.82) is 0 Å². The SMILES string of the molecule is CC(=O)NS(=O)(=O)c1cc(OCF)c(NCC#Cc2sc3c(NC4CCC(N5CCOCC5)CC4)cccc3c2CC(F)(F)F)cc1F. The van der Waals surface area contributed by atoms with E-state index < -0.39 is 46.1 Å². The van der Waals surface area contributed by atoms with E-state index in [1.54, 1.807) is 16.9 Å². The number of morpholine rings is 1. The number of carbonyl (C=O) groups is 1. The van der Waals surface area contributed by atoms with Gasteiger partial charge in [0.15, 0.2) is 0 Å². The van der Waals surface area contributed by atoms with E-state index in [2.05, 4.69) is 27.4 Å². The van der Waals surface area contributed by atoms with E-state index in [9.17, 15) is 35.2 Å². The molecule has 1 saturated carbocycles. The highest BCUT2D eigenvalue weighted by atomic mass is 32.2. The molecule has 5 rings (SSSR count). The van der Waals surface area contributed by atoms with Gasteiger partial charge in [0.2, 0.25) is 12.8 Å². The van der Waals surface area contributed by atoms with E-state index in [4.69, 9.17) is 9.47 Å². The third-order valence-electron chi connectivity index (χ3n) is 8.19. The van der Waals surface area contributed by atoms with Crippen LogP contribution in [0.2, 0.25) is 0 Å². The van der Waals surface area contributed by atoms with Crippen molar-refractivity contribution in [3.63, 3.8) is 0 Å². The Kier molecular flexibility index (Phi) is 11.3. The fourth-order valence-corrected chi connectivity index (χ4v) is 8.31. The summed E-state index contributed by atoms with van der Waals surface area (Å²) in [5.74, 6) is 2.95. The Morgan fingerprint density at radius 3 is 2.52 bits per heavy atom. The number of fused-ring (bicyclic) bond motifs is 1. The quantitative estimate of drug-likeness (QED) is 0.179. The summed E-state index contributed by atoms with van der Waals surface area (Å²) in [5, 5.41) is 6.72. The Balaban J connectivity index is 1.34. The fourth-order valence-electron chi connectivity index (χ4n) is 6.07. The molecule has 0 spiro atoms. The minimum absolute atomic E-state index is 0.0507. The van der Waals surface area contributed by atoms with Gasteiger partial charge in [0.1, 0.15) is 16.5 Å². The monoisotopic (exact) mass is 714 g/mol. The zero-order valence-electron chi connectivity index (χ0n) is 26.0. The number of rotatable bonds is 10. The van der Waals surface area contributed by atoms with Crippen LogP contribution in [0.4, 0.5) is 33.3 Å². The Bertz CT molecular complexity index is 1790. The molecule has 48 heavy (non-hydrogen) atoms. The molecule has 2 aromatic carbocycles. The van der Waals surface area contributed by atoms with Crippen LogP contribution in [0.5, 0.6) is 5.75 Å². The number of hydrogen-bond acceptors (Lipinski definition) is 9. The third kappa shape index (κ3) is 8.87. The number of ether oxygens (including phenoxy) is 2. The molecule has 2 heterocycles. The van der Waals surface area contributed by atoms with Crippen LogP contribution in [-0.2, 0) is 26.0 Å². The van der Waals surface area contributed by atoms with Gasteiger partial charge in [-0.15, -0.1) is 11.3 Å². The van der Waals surface area contributed by atoms with Crippen LogP contribution in [-0.4, -0.2) is 77.2 Å². The molecule has 0 bridgehead atoms. The number of halogens is 5. The van der Waals surface area contributed by atoms with E-state index >= 15 is 0 Å². The van der Waals surface area contributed by atoms with E-state index in [0.29, 0.717) is 22.2 Å². The Hall–Kier alpha value is -3.65. The first-order valence-corrected chi connectivity index (χ1v) is 17.6. The van der Waals surface area contributed by atoms with E-state index in [0.717, 1.165) is 82.0 Å². The molecule has 0 unspecified atom stereocenters. The summed E-state index contributed by atoms with van der Waals surface area (Å²) in [6, 6.07) is 7.38. The average molecular weight is 715 g/mol. The number of nitrogens with one attached hydrogen (secondary N) is 3. The van der Waals surface area contributed by atoms with Gasteiger partial charge >= 0.3 is 6.18 Å². The number of thiophene rings is 1. The van der Waals surface area contributed by atoms with Crippen LogP contribution in [0, 0.1) is 17.7 Å². The highest BCUT2D eigenvalue weighted by Crippen LogP contribution is 2.40. The van der Waals surface area contributed by atoms with Crippen molar-refractivity contribution in [2.24, 2.45) is 0 Å². The van der Waals surface area contributed by atoms with E-state index in [1.807, 2.05) is 6.07 Å². The van der Waals surface area contributed by atoms with Crippen LogP contribution in [0.25, 0.3) is 10.1 Å². The lowest BCUT2D eigenvalue weighted by Gasteiger charge is -2.39. The van der Waals surface area contributed by atoms with Crippen LogP contribution in [0.3, 0.4) is 0 Å². The summed E-state index contributed by atoms with van der Waals surface area (Å²) >= 11 is 1.15. The van der Waals surface area contributed by atoms with Crippen LogP contribution in [0.1, 0.15) is 43.0 Å². The molecule has 3 N–H and O–H groups in total. The second kappa shape index (κ2) is 15.3. The van der Waals surface area contributed by atoms with Gasteiger partial charge in [-0.2, -0.15) is 13.2 Å². The molecule has 16 heteroatoms. The maximum absolute atomic E-state index is 14.8. The van der Waals surface area contributed by atoms with E-state index in [1.165, 1.54) is 0 Å². The number of benzene rings is 2. The van der Waals surface area contributed by atoms with Gasteiger partial charge in [-0.1, -0.05) is 24.0 Å². The van der Waals surface area contributed by atoms with Crippen LogP contribution < -0.4 is 20.1 Å². The highest BCUT2D eigenvalue weighted by Gasteiger charge is 2.32. The minimum atomic E-state index is -4.60. The van der Waals surface area contributed by atoms with Gasteiger partial charge in [-0.3, -0.25) is 9.69 Å². The summed E-state index contributed by atoms with van der Waals surface area (Å²) in [5.41, 5.74) is 0.650. The standard InChI is InChI=1S/C32H35F5N4O5S2/c1-20(42)40-48(43,44)30-17-28(46-19-33)27(16-25(30)34)38-11-3-6-29-24(18-32(35,36)37)23-4-2-5-26(31(23)47-29)39-21-7-9-22(10-8-21)41-12-14-45-15-13-41/h2,4-5,16-17,21-22,38-39H,7-15,18-19H2,1H3,(H,40,42). The van der Waals surface area contributed by atoms with Gasteiger partial charge in [0, 0.05) is 44.2 Å². The van der Waals surface area contributed by atoms with Gasteiger partial charge in [0.05, 0.1) is 47.1 Å². The Morgan fingerprint density at radius 2 is 1.85 bits per heavy atom. The Morgan fingerprint density at radius 1 is 1.12 bits per heavy atom. The molecule has 1 aromatic heterocycles. The molecule has 1 amide bonds. The first kappa shape index (κ1) is 35.7. The molecule has 1 aliphatic carbocycles. The number of hydrogen-bond donors (Lipinski definition) is 3. The first-order valence-electron chi connectivity index (χ1n) is 15.3. The molecule has 0 atom stereocenters. The van der Waals surface area contributed by atoms with Crippen molar-refractivity contribution in [3.05, 3.63) is 46.6 Å². The second-order valence-electron chi connectivity index (χ2n) is 11.5. The van der Waals surface area contributed by atoms with E-state index in [-0.39, 0.29) is 34.5 Å². The number of anilines is 2. The van der Waals surface area contributed by atoms with Gasteiger partial charge in [-0.05, 0) is 42.7 Å². The van der Waals surface area contributed by atoms with Crippen LogP contribution >= 0.6 is 11.3 Å². The van der Waals surface area contributed by atoms with Crippen LogP contribution in [0.15, 0.2) is 35.2 Å². The van der Waals surface area contributed by atoms with Crippen molar-refractivity contribution in [3.8, 4) is 17.6 Å². The predicted octanol–water partition coefficient (Wildman–Crippen LogP) is 5.79. The molecular formula is C32H35F5N4O5S2. The number of nitrogens with zero attached hydrogens (tertiary/aromatic N) is 1. The maximum atomic E-state index is 14.8. The molecule has 260 valence electrons. The molecule has 1 aliphatic heterocycles. The first-order chi connectivity index (χ1) is 22.8. The largest absolute Gasteiger partial charge is 0.461 e. The van der Waals surface area contributed by atoms with Gasteiger partial charge in [0.25, 0.3) is 10.0 Å². The fraction of sp³-hybridized carbons (Fsp3) is 0.469. The lowest BCUT2D eigenvalue weighted by atomic mass is 9.89. The normalized spacial score (nSPS) is 19.0. The average Bonchev–Trinajstić information content (AvgIpc) is 3.37. The molecule has 2 aliphatic rings. The summed E-state index contributed by atoms with van der Waals surface area (Å²) in [6.45, 7) is 2.67. The molecule has 9 nitrogen and oxygen atoms in total. The van der Waals surface area contributed by atoms with Gasteiger partial charge < -0.3 is 20.1 Å². The van der Waals surface area contributed by atoms with Gasteiger partial charge in [-0.25, -0.2) is 21.9 Å². The summed E-state index contributed by atoms with van der Waals surface area (Å²) in [7, 11) is -4.60. The van der Waals surface area contributed by atoms with Crippen molar-refractivity contribution in [2.75, 3.05) is 50.3 Å². The molecule has 0 radical (unpaired) electrons. The zero-order chi connectivity index (χ0) is 34.5. The lowest BCUT2D eigenvalue weighted by Crippen LogP contribution is -2.46. The molecule has 1 saturated heterocycles. The minimum Gasteiger partial charge on any atom is -0.461 e.